The highest BCUT2D eigenvalue weighted by Gasteiger charge is 2.50. The Balaban J connectivity index is 1.08. The second-order valence-electron chi connectivity index (χ2n) is 10.9. The molecule has 2 saturated heterocycles. The van der Waals surface area contributed by atoms with Crippen molar-refractivity contribution in [2.45, 2.75) is 45.1 Å². The van der Waals surface area contributed by atoms with E-state index in [-0.39, 0.29) is 23.1 Å². The largest absolute Gasteiger partial charge is 0.476 e. The van der Waals surface area contributed by atoms with Crippen molar-refractivity contribution in [3.8, 4) is 5.88 Å². The minimum absolute atomic E-state index is 0.0497. The van der Waals surface area contributed by atoms with Gasteiger partial charge in [0.05, 0.1) is 24.8 Å². The van der Waals surface area contributed by atoms with Gasteiger partial charge in [0.1, 0.15) is 5.82 Å². The third-order valence-corrected chi connectivity index (χ3v) is 10.1. The van der Waals surface area contributed by atoms with E-state index in [1.54, 1.807) is 34.0 Å². The molecule has 3 aliphatic rings. The Morgan fingerprint density at radius 2 is 1.92 bits per heavy atom. The van der Waals surface area contributed by atoms with Crippen molar-refractivity contribution in [2.75, 3.05) is 50.0 Å². The lowest BCUT2D eigenvalue weighted by Gasteiger charge is -2.41. The zero-order chi connectivity index (χ0) is 26.8. The van der Waals surface area contributed by atoms with Gasteiger partial charge in [-0.1, -0.05) is 13.0 Å². The molecule has 0 radical (unpaired) electrons. The molecule has 1 aliphatic carbocycles. The summed E-state index contributed by atoms with van der Waals surface area (Å²) in [6.07, 6.45) is 10.0. The fraction of sp³-hybridized carbons (Fsp3) is 0.615. The number of piperazine rings is 1. The number of pyridine rings is 1. The summed E-state index contributed by atoms with van der Waals surface area (Å²) in [5.74, 6) is 1.49. The van der Waals surface area contributed by atoms with Gasteiger partial charge in [0.15, 0.2) is 0 Å². The quantitative estimate of drug-likeness (QED) is 0.506. The molecule has 1 saturated carbocycles. The highest BCUT2D eigenvalue weighted by atomic mass is 32.2. The van der Waals surface area contributed by atoms with Gasteiger partial charge in [-0.05, 0) is 55.1 Å². The first-order valence-corrected chi connectivity index (χ1v) is 14.9. The zero-order valence-corrected chi connectivity index (χ0v) is 22.6. The predicted octanol–water partition coefficient (Wildman–Crippen LogP) is 2.50. The molecule has 0 spiro atoms. The second-order valence-corrected chi connectivity index (χ2v) is 13.0. The maximum Gasteiger partial charge on any atom is 0.407 e. The van der Waals surface area contributed by atoms with Crippen molar-refractivity contribution in [3.63, 3.8) is 0 Å². The Morgan fingerprint density at radius 3 is 2.55 bits per heavy atom. The van der Waals surface area contributed by atoms with E-state index in [2.05, 4.69) is 21.9 Å². The zero-order valence-electron chi connectivity index (χ0n) is 21.8. The Hall–Kier alpha value is -2.99. The van der Waals surface area contributed by atoms with Gasteiger partial charge in [-0.3, -0.25) is 4.98 Å². The molecule has 2 aromatic heterocycles. The van der Waals surface area contributed by atoms with Crippen LogP contribution in [-0.2, 0) is 16.4 Å². The molecule has 2 unspecified atom stereocenters. The lowest BCUT2D eigenvalue weighted by Crippen LogP contribution is -2.50. The first kappa shape index (κ1) is 26.6. The average Bonchev–Trinajstić information content (AvgIpc) is 3.70. The van der Waals surface area contributed by atoms with Gasteiger partial charge in [0, 0.05) is 51.2 Å². The summed E-state index contributed by atoms with van der Waals surface area (Å²) >= 11 is 0. The number of hydrogen-bond acceptors (Lipinski definition) is 8. The molecule has 5 rings (SSSR count). The number of anilines is 1. The molecule has 11 nitrogen and oxygen atoms in total. The van der Waals surface area contributed by atoms with Gasteiger partial charge < -0.3 is 19.6 Å². The lowest BCUT2D eigenvalue weighted by molar-refractivity contribution is 0.0483. The van der Waals surface area contributed by atoms with Crippen molar-refractivity contribution in [3.05, 3.63) is 42.5 Å². The van der Waals surface area contributed by atoms with E-state index in [4.69, 9.17) is 4.74 Å². The van der Waals surface area contributed by atoms with E-state index in [9.17, 15) is 18.3 Å². The molecule has 4 heterocycles. The van der Waals surface area contributed by atoms with E-state index in [1.807, 2.05) is 17.0 Å². The van der Waals surface area contributed by atoms with E-state index in [1.165, 1.54) is 0 Å². The molecule has 2 atom stereocenters. The molecule has 0 bridgehead atoms. The number of nitrogens with zero attached hydrogens (tertiary/aromatic N) is 6. The molecule has 12 heteroatoms. The monoisotopic (exact) mass is 544 g/mol. The molecular formula is C26H36N6O5S. The van der Waals surface area contributed by atoms with Crippen LogP contribution in [0.4, 0.5) is 10.6 Å². The molecule has 206 valence electrons. The number of aryl methyl sites for hydroxylation is 1. The predicted molar refractivity (Wildman–Crippen MR) is 142 cm³/mol. The number of carbonyl (C=O) groups is 1. The van der Waals surface area contributed by atoms with E-state index in [0.717, 1.165) is 31.2 Å². The van der Waals surface area contributed by atoms with Gasteiger partial charge in [-0.15, -0.1) is 0 Å². The van der Waals surface area contributed by atoms with Crippen LogP contribution in [0.3, 0.4) is 0 Å². The number of aromatic nitrogens is 3. The molecule has 3 fully saturated rings. The van der Waals surface area contributed by atoms with Gasteiger partial charge in [0.25, 0.3) is 0 Å². The molecule has 2 aliphatic heterocycles. The lowest BCUT2D eigenvalue weighted by atomic mass is 9.83. The van der Waals surface area contributed by atoms with Crippen molar-refractivity contribution in [2.24, 2.45) is 11.3 Å². The minimum atomic E-state index is -3.34. The first-order chi connectivity index (χ1) is 18.2. The number of likely N-dealkylation sites (tertiary alicyclic amines) is 1. The number of rotatable bonds is 9. The topological polar surface area (TPSA) is 129 Å². The second kappa shape index (κ2) is 11.0. The number of sulfonamides is 1. The number of hydrogen-bond donors (Lipinski definition) is 1. The number of amides is 1. The number of piperidine rings is 1. The van der Waals surface area contributed by atoms with Crippen molar-refractivity contribution in [1.82, 2.24) is 24.2 Å². The average molecular weight is 545 g/mol. The highest BCUT2D eigenvalue weighted by Crippen LogP contribution is 2.53. The van der Waals surface area contributed by atoms with Crippen LogP contribution < -0.4 is 9.64 Å². The molecule has 2 aromatic rings. The van der Waals surface area contributed by atoms with Gasteiger partial charge in [-0.2, -0.15) is 4.31 Å². The van der Waals surface area contributed by atoms with Crippen molar-refractivity contribution in [1.29, 1.82) is 0 Å². The molecule has 0 aromatic carbocycles. The summed E-state index contributed by atoms with van der Waals surface area (Å²) in [6, 6.07) is 3.75. The molecular weight excluding hydrogens is 508 g/mol. The Kier molecular flexibility index (Phi) is 7.71. The third kappa shape index (κ3) is 6.17. The SMILES string of the molecule is CC1(C2CC(COc3cnc(N4CCN(S(=O)(=O)CCc5cccnc5)CC4)cn3)CCN2C(=O)O)CC1. The van der Waals surface area contributed by atoms with Gasteiger partial charge in [0.2, 0.25) is 15.9 Å². The van der Waals surface area contributed by atoms with Crippen molar-refractivity contribution >= 4 is 21.9 Å². The van der Waals surface area contributed by atoms with Gasteiger partial charge in [-0.25, -0.2) is 23.2 Å². The van der Waals surface area contributed by atoms with Crippen LogP contribution in [-0.4, -0.2) is 94.9 Å². The number of carboxylic acid groups (broad SMARTS) is 1. The summed E-state index contributed by atoms with van der Waals surface area (Å²) in [4.78, 5) is 28.3. The summed E-state index contributed by atoms with van der Waals surface area (Å²) in [5.41, 5.74) is 1.01. The number of ether oxygens (including phenoxy) is 1. The van der Waals surface area contributed by atoms with Crippen LogP contribution in [0.2, 0.25) is 0 Å². The van der Waals surface area contributed by atoms with Crippen LogP contribution in [0.15, 0.2) is 36.9 Å². The van der Waals surface area contributed by atoms with Gasteiger partial charge >= 0.3 is 6.09 Å². The van der Waals surface area contributed by atoms with Crippen LogP contribution in [0.1, 0.15) is 38.2 Å². The summed E-state index contributed by atoms with van der Waals surface area (Å²) in [5, 5.41) is 9.59. The molecule has 38 heavy (non-hydrogen) atoms. The third-order valence-electron chi connectivity index (χ3n) is 8.21. The molecule has 1 amide bonds. The van der Waals surface area contributed by atoms with Crippen LogP contribution in [0.25, 0.3) is 0 Å². The maximum atomic E-state index is 12.8. The Bertz CT molecular complexity index is 1200. The highest BCUT2D eigenvalue weighted by molar-refractivity contribution is 7.89. The summed E-state index contributed by atoms with van der Waals surface area (Å²) in [7, 11) is -3.34. The Labute approximate surface area is 223 Å². The summed E-state index contributed by atoms with van der Waals surface area (Å²) < 4.78 is 33.1. The Morgan fingerprint density at radius 1 is 1.13 bits per heavy atom. The fourth-order valence-electron chi connectivity index (χ4n) is 5.48. The van der Waals surface area contributed by atoms with E-state index >= 15 is 0 Å². The van der Waals surface area contributed by atoms with Crippen LogP contribution >= 0.6 is 0 Å². The summed E-state index contributed by atoms with van der Waals surface area (Å²) in [6.45, 7) is 5.11. The van der Waals surface area contributed by atoms with Crippen LogP contribution in [0, 0.1) is 11.3 Å². The maximum absolute atomic E-state index is 12.8. The first-order valence-electron chi connectivity index (χ1n) is 13.3. The van der Waals surface area contributed by atoms with E-state index < -0.39 is 16.1 Å². The van der Waals surface area contributed by atoms with E-state index in [0.29, 0.717) is 57.4 Å². The normalized spacial score (nSPS) is 23.7. The smallest absolute Gasteiger partial charge is 0.407 e. The molecule has 1 N–H and O–H groups in total. The van der Waals surface area contributed by atoms with Crippen LogP contribution in [0.5, 0.6) is 5.88 Å². The fourth-order valence-corrected chi connectivity index (χ4v) is 6.95. The standard InChI is InChI=1S/C26H36N6O5S/c1-26(6-7-26)22-15-21(4-9-32(22)25(33)34)19-37-24-18-28-23(17-29-24)30-10-12-31(13-11-30)38(35,36)14-5-20-3-2-8-27-16-20/h2-3,8,16-18,21-22H,4-7,9-15,19H2,1H3,(H,33,34). The minimum Gasteiger partial charge on any atom is -0.476 e. The van der Waals surface area contributed by atoms with Crippen molar-refractivity contribution < 1.29 is 23.1 Å².